The molecule has 0 radical (unpaired) electrons. The second-order valence-corrected chi connectivity index (χ2v) is 7.60. The Morgan fingerprint density at radius 1 is 1.15 bits per heavy atom. The minimum atomic E-state index is 0.00756. The van der Waals surface area contributed by atoms with E-state index in [1.807, 2.05) is 30.3 Å². The van der Waals surface area contributed by atoms with Crippen LogP contribution in [0.25, 0.3) is 5.70 Å². The summed E-state index contributed by atoms with van der Waals surface area (Å²) in [7, 11) is 0. The summed E-state index contributed by atoms with van der Waals surface area (Å²) in [5, 5.41) is 3.37. The van der Waals surface area contributed by atoms with Crippen LogP contribution in [0.4, 0.5) is 0 Å². The molecule has 0 spiro atoms. The Labute approximate surface area is 163 Å². The third-order valence-electron chi connectivity index (χ3n) is 4.80. The van der Waals surface area contributed by atoms with Crippen molar-refractivity contribution in [1.82, 2.24) is 5.32 Å². The maximum atomic E-state index is 12.8. The predicted octanol–water partition coefficient (Wildman–Crippen LogP) is 4.08. The quantitative estimate of drug-likeness (QED) is 0.639. The molecule has 0 unspecified atom stereocenters. The molecule has 2 heterocycles. The molecule has 0 fully saturated rings. The number of fused-ring (bicyclic) bond motifs is 2. The van der Waals surface area contributed by atoms with Gasteiger partial charge >= 0.3 is 0 Å². The van der Waals surface area contributed by atoms with E-state index in [9.17, 15) is 4.79 Å². The smallest absolute Gasteiger partial charge is 0.187 e. The average Bonchev–Trinajstić information content (AvgIpc) is 2.92. The summed E-state index contributed by atoms with van der Waals surface area (Å²) in [5.41, 5.74) is 5.00. The molecule has 4 rings (SSSR count). The van der Waals surface area contributed by atoms with Crippen molar-refractivity contribution in [2.45, 2.75) is 18.6 Å². The van der Waals surface area contributed by atoms with Gasteiger partial charge in [0.1, 0.15) is 0 Å². The first-order valence-electron chi connectivity index (χ1n) is 9.25. The monoisotopic (exact) mass is 381 g/mol. The van der Waals surface area contributed by atoms with Crippen molar-refractivity contribution in [2.24, 2.45) is 0 Å². The minimum Gasteiger partial charge on any atom is -0.490 e. The van der Waals surface area contributed by atoms with Crippen LogP contribution in [-0.4, -0.2) is 31.8 Å². The molecule has 1 N–H and O–H groups in total. The number of benzene rings is 2. The SMILES string of the molecule is CSCc1ccc(C(=O)/C=C2\NCCc3cc4c(cc32)OCCCO4)cc1. The van der Waals surface area contributed by atoms with E-state index in [0.717, 1.165) is 47.9 Å². The Kier molecular flexibility index (Phi) is 5.39. The molecule has 0 saturated heterocycles. The van der Waals surface area contributed by atoms with Gasteiger partial charge in [0.2, 0.25) is 0 Å². The number of rotatable bonds is 4. The largest absolute Gasteiger partial charge is 0.490 e. The topological polar surface area (TPSA) is 47.6 Å². The summed E-state index contributed by atoms with van der Waals surface area (Å²) in [5.74, 6) is 2.53. The second kappa shape index (κ2) is 8.09. The molecule has 0 aromatic heterocycles. The lowest BCUT2D eigenvalue weighted by Gasteiger charge is -2.23. The molecule has 27 heavy (non-hydrogen) atoms. The van der Waals surface area contributed by atoms with E-state index >= 15 is 0 Å². The summed E-state index contributed by atoms with van der Waals surface area (Å²) in [6.07, 6.45) is 5.56. The minimum absolute atomic E-state index is 0.00756. The summed E-state index contributed by atoms with van der Waals surface area (Å²) in [6, 6.07) is 11.9. The van der Waals surface area contributed by atoms with Crippen LogP contribution in [0.5, 0.6) is 11.5 Å². The highest BCUT2D eigenvalue weighted by atomic mass is 32.2. The van der Waals surface area contributed by atoms with Crippen molar-refractivity contribution in [2.75, 3.05) is 26.0 Å². The van der Waals surface area contributed by atoms with Gasteiger partial charge in [0.15, 0.2) is 17.3 Å². The molecule has 5 heteroatoms. The maximum Gasteiger partial charge on any atom is 0.187 e. The molecule has 0 atom stereocenters. The molecule has 0 amide bonds. The lowest BCUT2D eigenvalue weighted by molar-refractivity contribution is 0.104. The van der Waals surface area contributed by atoms with E-state index in [2.05, 4.69) is 17.6 Å². The predicted molar refractivity (Wildman–Crippen MR) is 110 cm³/mol. The highest BCUT2D eigenvalue weighted by Gasteiger charge is 2.20. The molecular formula is C22H23NO3S. The van der Waals surface area contributed by atoms with E-state index < -0.39 is 0 Å². The maximum absolute atomic E-state index is 12.8. The Bertz CT molecular complexity index is 874. The molecule has 2 aliphatic heterocycles. The van der Waals surface area contributed by atoms with Crippen LogP contribution >= 0.6 is 11.8 Å². The van der Waals surface area contributed by atoms with Gasteiger partial charge in [-0.2, -0.15) is 11.8 Å². The van der Waals surface area contributed by atoms with Crippen molar-refractivity contribution in [3.8, 4) is 11.5 Å². The van der Waals surface area contributed by atoms with E-state index in [1.165, 1.54) is 11.1 Å². The average molecular weight is 381 g/mol. The van der Waals surface area contributed by atoms with Gasteiger partial charge in [0.25, 0.3) is 0 Å². The van der Waals surface area contributed by atoms with Gasteiger partial charge in [-0.25, -0.2) is 0 Å². The number of hydrogen-bond acceptors (Lipinski definition) is 5. The highest BCUT2D eigenvalue weighted by molar-refractivity contribution is 7.97. The van der Waals surface area contributed by atoms with Crippen LogP contribution in [0.1, 0.15) is 33.5 Å². The summed E-state index contributed by atoms with van der Waals surface area (Å²) in [6.45, 7) is 2.13. The van der Waals surface area contributed by atoms with Gasteiger partial charge in [-0.3, -0.25) is 4.79 Å². The first-order chi connectivity index (χ1) is 13.2. The van der Waals surface area contributed by atoms with Crippen molar-refractivity contribution in [3.05, 3.63) is 64.7 Å². The van der Waals surface area contributed by atoms with Crippen LogP contribution in [-0.2, 0) is 12.2 Å². The van der Waals surface area contributed by atoms with Gasteiger partial charge in [0.05, 0.1) is 13.2 Å². The van der Waals surface area contributed by atoms with Gasteiger partial charge in [-0.1, -0.05) is 24.3 Å². The summed E-state index contributed by atoms with van der Waals surface area (Å²) >= 11 is 1.77. The molecule has 2 aromatic carbocycles. The van der Waals surface area contributed by atoms with Crippen LogP contribution < -0.4 is 14.8 Å². The first kappa shape index (κ1) is 18.0. The number of allylic oxidation sites excluding steroid dienone is 1. The van der Waals surface area contributed by atoms with Crippen molar-refractivity contribution in [3.63, 3.8) is 0 Å². The van der Waals surface area contributed by atoms with Gasteiger partial charge in [-0.05, 0) is 35.9 Å². The fraction of sp³-hybridized carbons (Fsp3) is 0.318. The van der Waals surface area contributed by atoms with E-state index in [0.29, 0.717) is 18.8 Å². The number of thioether (sulfide) groups is 1. The molecule has 2 aromatic rings. The van der Waals surface area contributed by atoms with Crippen LogP contribution in [0, 0.1) is 0 Å². The lowest BCUT2D eigenvalue weighted by atomic mass is 9.95. The molecule has 2 aliphatic rings. The zero-order valence-electron chi connectivity index (χ0n) is 15.4. The number of ether oxygens (including phenoxy) is 2. The van der Waals surface area contributed by atoms with Gasteiger partial charge in [-0.15, -0.1) is 0 Å². The van der Waals surface area contributed by atoms with E-state index in [4.69, 9.17) is 9.47 Å². The number of nitrogens with one attached hydrogen (secondary N) is 1. The number of hydrogen-bond donors (Lipinski definition) is 1. The van der Waals surface area contributed by atoms with Crippen LogP contribution in [0.15, 0.2) is 42.5 Å². The fourth-order valence-electron chi connectivity index (χ4n) is 3.41. The highest BCUT2D eigenvalue weighted by Crippen LogP contribution is 2.36. The Balaban J connectivity index is 1.63. The van der Waals surface area contributed by atoms with Crippen LogP contribution in [0.3, 0.4) is 0 Å². The standard InChI is InChI=1S/C22H23NO3S/c1-27-14-15-3-5-16(6-4-15)20(24)13-19-18-12-22-21(25-9-2-10-26-22)11-17(18)7-8-23-19/h3-6,11-13,23H,2,7-10,14H2,1H3/b19-13-. The first-order valence-corrected chi connectivity index (χ1v) is 10.6. The fourth-order valence-corrected chi connectivity index (χ4v) is 3.94. The number of carbonyl (C=O) groups is 1. The lowest BCUT2D eigenvalue weighted by Crippen LogP contribution is -2.23. The molecule has 0 bridgehead atoms. The van der Waals surface area contributed by atoms with E-state index in [1.54, 1.807) is 17.8 Å². The Hall–Kier alpha value is -2.40. The molecule has 0 saturated carbocycles. The Morgan fingerprint density at radius 3 is 2.63 bits per heavy atom. The third-order valence-corrected chi connectivity index (χ3v) is 5.42. The molecule has 140 valence electrons. The Morgan fingerprint density at radius 2 is 1.89 bits per heavy atom. The second-order valence-electron chi connectivity index (χ2n) is 6.74. The molecule has 0 aliphatic carbocycles. The summed E-state index contributed by atoms with van der Waals surface area (Å²) < 4.78 is 11.6. The van der Waals surface area contributed by atoms with Crippen molar-refractivity contribution in [1.29, 1.82) is 0 Å². The zero-order chi connectivity index (χ0) is 18.6. The number of ketones is 1. The zero-order valence-corrected chi connectivity index (χ0v) is 16.2. The third kappa shape index (κ3) is 3.98. The number of carbonyl (C=O) groups excluding carboxylic acids is 1. The van der Waals surface area contributed by atoms with Gasteiger partial charge < -0.3 is 14.8 Å². The molecule has 4 nitrogen and oxygen atoms in total. The van der Waals surface area contributed by atoms with Gasteiger partial charge in [0, 0.05) is 41.6 Å². The van der Waals surface area contributed by atoms with Crippen molar-refractivity contribution >= 4 is 23.2 Å². The molecular weight excluding hydrogens is 358 g/mol. The van der Waals surface area contributed by atoms with Crippen molar-refractivity contribution < 1.29 is 14.3 Å². The van der Waals surface area contributed by atoms with E-state index in [-0.39, 0.29) is 5.78 Å². The normalized spacial score (nSPS) is 17.0. The van der Waals surface area contributed by atoms with Crippen LogP contribution in [0.2, 0.25) is 0 Å². The summed E-state index contributed by atoms with van der Waals surface area (Å²) in [4.78, 5) is 12.8.